The minimum atomic E-state index is -0.213. The van der Waals surface area contributed by atoms with Crippen molar-refractivity contribution in [3.63, 3.8) is 0 Å². The molecule has 0 radical (unpaired) electrons. The molecule has 54 valence electrons. The molecule has 0 aromatic carbocycles. The van der Waals surface area contributed by atoms with Crippen LogP contribution in [0.2, 0.25) is 0 Å². The SMILES string of the molecule is OC1CCCc2[nH]ccc21. The first-order valence-electron chi connectivity index (χ1n) is 3.72. The summed E-state index contributed by atoms with van der Waals surface area (Å²) in [6, 6.07) is 1.97. The Morgan fingerprint density at radius 3 is 3.30 bits per heavy atom. The largest absolute Gasteiger partial charge is 0.388 e. The van der Waals surface area contributed by atoms with Crippen molar-refractivity contribution in [3.05, 3.63) is 23.5 Å². The maximum atomic E-state index is 9.43. The van der Waals surface area contributed by atoms with Gasteiger partial charge in [0.1, 0.15) is 0 Å². The molecule has 1 aromatic rings. The van der Waals surface area contributed by atoms with E-state index in [-0.39, 0.29) is 6.10 Å². The van der Waals surface area contributed by atoms with Crippen LogP contribution in [0.1, 0.15) is 30.2 Å². The molecular weight excluding hydrogens is 126 g/mol. The molecule has 0 saturated heterocycles. The fraction of sp³-hybridized carbons (Fsp3) is 0.500. The Balaban J connectivity index is 2.41. The number of aryl methyl sites for hydroxylation is 1. The van der Waals surface area contributed by atoms with Crippen molar-refractivity contribution < 1.29 is 5.11 Å². The molecule has 1 heterocycles. The summed E-state index contributed by atoms with van der Waals surface area (Å²) < 4.78 is 0. The molecule has 1 aromatic heterocycles. The van der Waals surface area contributed by atoms with Crippen LogP contribution in [-0.2, 0) is 6.42 Å². The molecule has 10 heavy (non-hydrogen) atoms. The molecule has 1 aliphatic carbocycles. The van der Waals surface area contributed by atoms with E-state index in [2.05, 4.69) is 4.98 Å². The van der Waals surface area contributed by atoms with Gasteiger partial charge in [0.25, 0.3) is 0 Å². The van der Waals surface area contributed by atoms with E-state index in [1.165, 1.54) is 5.69 Å². The third-order valence-corrected chi connectivity index (χ3v) is 2.13. The minimum Gasteiger partial charge on any atom is -0.388 e. The van der Waals surface area contributed by atoms with Crippen molar-refractivity contribution in [2.75, 3.05) is 0 Å². The zero-order valence-electron chi connectivity index (χ0n) is 5.80. The van der Waals surface area contributed by atoms with Gasteiger partial charge in [0.15, 0.2) is 0 Å². The van der Waals surface area contributed by atoms with Crippen LogP contribution in [-0.4, -0.2) is 10.1 Å². The number of rotatable bonds is 0. The standard InChI is InChI=1S/C8H11NO/c10-8-3-1-2-7-6(8)4-5-9-7/h4-5,8-10H,1-3H2. The molecule has 0 bridgehead atoms. The van der Waals surface area contributed by atoms with Crippen LogP contribution in [0, 0.1) is 0 Å². The van der Waals surface area contributed by atoms with E-state index in [1.54, 1.807) is 0 Å². The molecule has 2 heteroatoms. The van der Waals surface area contributed by atoms with E-state index in [9.17, 15) is 5.11 Å². The van der Waals surface area contributed by atoms with Gasteiger partial charge in [-0.1, -0.05) is 0 Å². The minimum absolute atomic E-state index is 0.213. The molecule has 1 atom stereocenters. The Morgan fingerprint density at radius 1 is 1.60 bits per heavy atom. The van der Waals surface area contributed by atoms with Gasteiger partial charge in [-0.25, -0.2) is 0 Å². The van der Waals surface area contributed by atoms with Crippen LogP contribution in [0.5, 0.6) is 0 Å². The highest BCUT2D eigenvalue weighted by Crippen LogP contribution is 2.27. The second-order valence-electron chi connectivity index (χ2n) is 2.82. The van der Waals surface area contributed by atoms with Gasteiger partial charge in [-0.05, 0) is 25.3 Å². The van der Waals surface area contributed by atoms with Crippen LogP contribution >= 0.6 is 0 Å². The summed E-state index contributed by atoms with van der Waals surface area (Å²) in [5.74, 6) is 0. The van der Waals surface area contributed by atoms with E-state index in [4.69, 9.17) is 0 Å². The lowest BCUT2D eigenvalue weighted by atomic mass is 9.96. The lowest BCUT2D eigenvalue weighted by Gasteiger charge is -2.16. The Hall–Kier alpha value is -0.760. The first kappa shape index (κ1) is 5.98. The van der Waals surface area contributed by atoms with Gasteiger partial charge in [-0.3, -0.25) is 0 Å². The monoisotopic (exact) mass is 137 g/mol. The zero-order chi connectivity index (χ0) is 6.97. The van der Waals surface area contributed by atoms with Crippen LogP contribution in [0.15, 0.2) is 12.3 Å². The van der Waals surface area contributed by atoms with E-state index >= 15 is 0 Å². The number of fused-ring (bicyclic) bond motifs is 1. The predicted molar refractivity (Wildman–Crippen MR) is 38.7 cm³/mol. The number of H-pyrrole nitrogens is 1. The Kier molecular flexibility index (Phi) is 1.27. The maximum absolute atomic E-state index is 9.43. The maximum Gasteiger partial charge on any atom is 0.0807 e. The third-order valence-electron chi connectivity index (χ3n) is 2.13. The van der Waals surface area contributed by atoms with Crippen LogP contribution in [0.25, 0.3) is 0 Å². The van der Waals surface area contributed by atoms with E-state index in [1.807, 2.05) is 12.3 Å². The second kappa shape index (κ2) is 2.13. The second-order valence-corrected chi connectivity index (χ2v) is 2.82. The van der Waals surface area contributed by atoms with Gasteiger partial charge in [0, 0.05) is 17.5 Å². The van der Waals surface area contributed by atoms with Crippen molar-refractivity contribution in [2.24, 2.45) is 0 Å². The van der Waals surface area contributed by atoms with Gasteiger partial charge in [-0.2, -0.15) is 0 Å². The summed E-state index contributed by atoms with van der Waals surface area (Å²) >= 11 is 0. The Labute approximate surface area is 59.9 Å². The molecule has 2 nitrogen and oxygen atoms in total. The van der Waals surface area contributed by atoms with Crippen molar-refractivity contribution in [2.45, 2.75) is 25.4 Å². The Morgan fingerprint density at radius 2 is 2.50 bits per heavy atom. The topological polar surface area (TPSA) is 36.0 Å². The molecule has 2 rings (SSSR count). The average molecular weight is 137 g/mol. The van der Waals surface area contributed by atoms with Crippen molar-refractivity contribution in [1.29, 1.82) is 0 Å². The normalized spacial score (nSPS) is 24.3. The Bertz CT molecular complexity index is 229. The zero-order valence-corrected chi connectivity index (χ0v) is 5.80. The molecular formula is C8H11NO. The lowest BCUT2D eigenvalue weighted by molar-refractivity contribution is 0.156. The molecule has 2 N–H and O–H groups in total. The molecule has 1 aliphatic rings. The smallest absolute Gasteiger partial charge is 0.0807 e. The summed E-state index contributed by atoms with van der Waals surface area (Å²) in [7, 11) is 0. The molecule has 0 aliphatic heterocycles. The lowest BCUT2D eigenvalue weighted by Crippen LogP contribution is -2.06. The van der Waals surface area contributed by atoms with Crippen molar-refractivity contribution >= 4 is 0 Å². The van der Waals surface area contributed by atoms with Gasteiger partial charge < -0.3 is 10.1 Å². The number of aromatic amines is 1. The number of hydrogen-bond donors (Lipinski definition) is 2. The quantitative estimate of drug-likeness (QED) is 0.557. The van der Waals surface area contributed by atoms with E-state index in [0.717, 1.165) is 24.8 Å². The first-order valence-corrected chi connectivity index (χ1v) is 3.72. The van der Waals surface area contributed by atoms with Crippen molar-refractivity contribution in [1.82, 2.24) is 4.98 Å². The number of aliphatic hydroxyl groups excluding tert-OH is 1. The molecule has 1 unspecified atom stereocenters. The first-order chi connectivity index (χ1) is 4.88. The molecule has 0 amide bonds. The summed E-state index contributed by atoms with van der Waals surface area (Å²) in [5.41, 5.74) is 2.32. The average Bonchev–Trinajstić information content (AvgIpc) is 2.36. The number of hydrogen-bond acceptors (Lipinski definition) is 1. The molecule has 0 fully saturated rings. The number of aromatic nitrogens is 1. The van der Waals surface area contributed by atoms with Crippen molar-refractivity contribution in [3.8, 4) is 0 Å². The summed E-state index contributed by atoms with van der Waals surface area (Å²) in [4.78, 5) is 3.13. The van der Waals surface area contributed by atoms with Gasteiger partial charge in [0.05, 0.1) is 6.10 Å². The fourth-order valence-electron chi connectivity index (χ4n) is 1.57. The fourth-order valence-corrected chi connectivity index (χ4v) is 1.57. The van der Waals surface area contributed by atoms with Gasteiger partial charge in [-0.15, -0.1) is 0 Å². The van der Waals surface area contributed by atoms with E-state index in [0.29, 0.717) is 0 Å². The predicted octanol–water partition coefficient (Wildman–Crippen LogP) is 1.38. The molecule has 0 spiro atoms. The molecule has 0 saturated carbocycles. The van der Waals surface area contributed by atoms with E-state index < -0.39 is 0 Å². The third kappa shape index (κ3) is 0.762. The highest BCUT2D eigenvalue weighted by molar-refractivity contribution is 5.25. The van der Waals surface area contributed by atoms with Gasteiger partial charge >= 0.3 is 0 Å². The summed E-state index contributed by atoms with van der Waals surface area (Å²) in [5, 5.41) is 9.43. The van der Waals surface area contributed by atoms with Crippen LogP contribution in [0.4, 0.5) is 0 Å². The number of nitrogens with one attached hydrogen (secondary N) is 1. The summed E-state index contributed by atoms with van der Waals surface area (Å²) in [6.45, 7) is 0. The van der Waals surface area contributed by atoms with Crippen LogP contribution < -0.4 is 0 Å². The highest BCUT2D eigenvalue weighted by Gasteiger charge is 2.17. The summed E-state index contributed by atoms with van der Waals surface area (Å²) in [6.07, 6.45) is 4.81. The highest BCUT2D eigenvalue weighted by atomic mass is 16.3. The van der Waals surface area contributed by atoms with Gasteiger partial charge in [0.2, 0.25) is 0 Å². The number of aliphatic hydroxyl groups is 1. The van der Waals surface area contributed by atoms with Crippen LogP contribution in [0.3, 0.4) is 0 Å².